The van der Waals surface area contributed by atoms with Crippen molar-refractivity contribution in [3.63, 3.8) is 0 Å². The Morgan fingerprint density at radius 3 is 1.70 bits per heavy atom. The minimum Gasteiger partial charge on any atom is -0.383 e. The summed E-state index contributed by atoms with van der Waals surface area (Å²) >= 11 is 0. The number of anilines is 3. The first-order chi connectivity index (χ1) is 14.3. The SMILES string of the molecule is CC(C)CCC(C)Nc1ccc(Nc2ccc(C(C)(C)c3ccccc3)cc2)cc1. The van der Waals surface area contributed by atoms with E-state index < -0.39 is 0 Å². The molecular weight excluding hydrogens is 364 g/mol. The molecule has 0 saturated heterocycles. The van der Waals surface area contributed by atoms with Crippen LogP contribution in [0, 0.1) is 5.92 Å². The van der Waals surface area contributed by atoms with Crippen molar-refractivity contribution in [2.45, 2.75) is 58.9 Å². The van der Waals surface area contributed by atoms with E-state index in [0.29, 0.717) is 6.04 Å². The molecule has 0 spiro atoms. The molecule has 30 heavy (non-hydrogen) atoms. The van der Waals surface area contributed by atoms with E-state index in [2.05, 4.69) is 124 Å². The summed E-state index contributed by atoms with van der Waals surface area (Å²) < 4.78 is 0. The van der Waals surface area contributed by atoms with Gasteiger partial charge in [0, 0.05) is 28.5 Å². The van der Waals surface area contributed by atoms with E-state index in [1.165, 1.54) is 29.7 Å². The van der Waals surface area contributed by atoms with Gasteiger partial charge < -0.3 is 10.6 Å². The summed E-state index contributed by atoms with van der Waals surface area (Å²) in [5.74, 6) is 0.755. The Bertz CT molecular complexity index is 894. The van der Waals surface area contributed by atoms with Crippen LogP contribution >= 0.6 is 0 Å². The van der Waals surface area contributed by atoms with Gasteiger partial charge in [0.1, 0.15) is 0 Å². The van der Waals surface area contributed by atoms with Gasteiger partial charge in [-0.05, 0) is 73.2 Å². The van der Waals surface area contributed by atoms with E-state index in [-0.39, 0.29) is 5.41 Å². The zero-order valence-corrected chi connectivity index (χ0v) is 19.1. The molecular formula is C28H36N2. The van der Waals surface area contributed by atoms with Gasteiger partial charge >= 0.3 is 0 Å². The van der Waals surface area contributed by atoms with E-state index in [0.717, 1.165) is 17.3 Å². The standard InChI is InChI=1S/C28H36N2/c1-21(2)11-12-22(3)29-25-17-19-27(20-18-25)30-26-15-13-24(14-16-26)28(4,5)23-9-7-6-8-10-23/h6-10,13-22,29-30H,11-12H2,1-5H3. The second-order valence-corrected chi connectivity index (χ2v) is 9.29. The Kier molecular flexibility index (Phi) is 7.20. The summed E-state index contributed by atoms with van der Waals surface area (Å²) in [6, 6.07) is 28.5. The lowest BCUT2D eigenvalue weighted by Crippen LogP contribution is -2.18. The number of benzene rings is 3. The highest BCUT2D eigenvalue weighted by molar-refractivity contribution is 5.63. The summed E-state index contributed by atoms with van der Waals surface area (Å²) in [4.78, 5) is 0. The molecule has 0 heterocycles. The zero-order valence-electron chi connectivity index (χ0n) is 19.1. The van der Waals surface area contributed by atoms with Gasteiger partial charge in [-0.2, -0.15) is 0 Å². The van der Waals surface area contributed by atoms with Gasteiger partial charge in [0.15, 0.2) is 0 Å². The number of rotatable bonds is 9. The third-order valence-corrected chi connectivity index (χ3v) is 5.87. The highest BCUT2D eigenvalue weighted by Crippen LogP contribution is 2.32. The molecule has 3 rings (SSSR count). The fraction of sp³-hybridized carbons (Fsp3) is 0.357. The first kappa shape index (κ1) is 22.0. The molecule has 0 aliphatic rings. The topological polar surface area (TPSA) is 24.1 Å². The molecule has 0 fully saturated rings. The van der Waals surface area contributed by atoms with Crippen molar-refractivity contribution in [2.24, 2.45) is 5.92 Å². The van der Waals surface area contributed by atoms with Crippen LogP contribution in [-0.4, -0.2) is 6.04 Å². The molecule has 1 unspecified atom stereocenters. The van der Waals surface area contributed by atoms with E-state index in [1.54, 1.807) is 0 Å². The molecule has 0 bridgehead atoms. The van der Waals surface area contributed by atoms with Crippen molar-refractivity contribution >= 4 is 17.1 Å². The first-order valence-electron chi connectivity index (χ1n) is 11.1. The third-order valence-electron chi connectivity index (χ3n) is 5.87. The van der Waals surface area contributed by atoms with Gasteiger partial charge in [-0.1, -0.05) is 70.2 Å². The van der Waals surface area contributed by atoms with Crippen LogP contribution in [0.1, 0.15) is 58.6 Å². The van der Waals surface area contributed by atoms with Crippen molar-refractivity contribution < 1.29 is 0 Å². The maximum absolute atomic E-state index is 3.60. The fourth-order valence-electron chi connectivity index (χ4n) is 3.75. The van der Waals surface area contributed by atoms with Crippen LogP contribution < -0.4 is 10.6 Å². The van der Waals surface area contributed by atoms with Crippen LogP contribution in [0.5, 0.6) is 0 Å². The van der Waals surface area contributed by atoms with Gasteiger partial charge in [0.25, 0.3) is 0 Å². The van der Waals surface area contributed by atoms with Gasteiger partial charge in [-0.25, -0.2) is 0 Å². The minimum absolute atomic E-state index is 0.0145. The molecule has 0 saturated carbocycles. The second-order valence-electron chi connectivity index (χ2n) is 9.29. The van der Waals surface area contributed by atoms with Gasteiger partial charge in [0.05, 0.1) is 0 Å². The largest absolute Gasteiger partial charge is 0.383 e. The highest BCUT2D eigenvalue weighted by atomic mass is 14.9. The fourth-order valence-corrected chi connectivity index (χ4v) is 3.75. The van der Waals surface area contributed by atoms with E-state index in [4.69, 9.17) is 0 Å². The summed E-state index contributed by atoms with van der Waals surface area (Å²) in [6.07, 6.45) is 2.45. The van der Waals surface area contributed by atoms with Crippen LogP contribution in [0.4, 0.5) is 17.1 Å². The summed E-state index contributed by atoms with van der Waals surface area (Å²) in [6.45, 7) is 11.4. The van der Waals surface area contributed by atoms with Gasteiger partial charge in [-0.15, -0.1) is 0 Å². The lowest BCUT2D eigenvalue weighted by Gasteiger charge is -2.26. The maximum Gasteiger partial charge on any atom is 0.0385 e. The van der Waals surface area contributed by atoms with Crippen molar-refractivity contribution in [1.82, 2.24) is 0 Å². The molecule has 0 aliphatic carbocycles. The molecule has 2 nitrogen and oxygen atoms in total. The lowest BCUT2D eigenvalue weighted by atomic mass is 9.78. The lowest BCUT2D eigenvalue weighted by molar-refractivity contribution is 0.528. The maximum atomic E-state index is 3.60. The van der Waals surface area contributed by atoms with Crippen molar-refractivity contribution in [1.29, 1.82) is 0 Å². The quantitative estimate of drug-likeness (QED) is 0.380. The van der Waals surface area contributed by atoms with E-state index >= 15 is 0 Å². The summed E-state index contributed by atoms with van der Waals surface area (Å²) in [5.41, 5.74) is 6.01. The third kappa shape index (κ3) is 5.89. The first-order valence-corrected chi connectivity index (χ1v) is 11.1. The summed E-state index contributed by atoms with van der Waals surface area (Å²) in [5, 5.41) is 7.12. The van der Waals surface area contributed by atoms with Crippen LogP contribution in [0.2, 0.25) is 0 Å². The molecule has 158 valence electrons. The van der Waals surface area contributed by atoms with Crippen LogP contribution in [0.25, 0.3) is 0 Å². The number of hydrogen-bond acceptors (Lipinski definition) is 2. The van der Waals surface area contributed by atoms with Crippen LogP contribution in [0.3, 0.4) is 0 Å². The molecule has 1 atom stereocenters. The monoisotopic (exact) mass is 400 g/mol. The average Bonchev–Trinajstić information content (AvgIpc) is 2.75. The molecule has 0 aliphatic heterocycles. The van der Waals surface area contributed by atoms with E-state index in [1.807, 2.05) is 0 Å². The Labute approximate surface area is 182 Å². The Balaban J connectivity index is 1.60. The van der Waals surface area contributed by atoms with Crippen molar-refractivity contribution in [2.75, 3.05) is 10.6 Å². The second kappa shape index (κ2) is 9.84. The molecule has 0 aromatic heterocycles. The Morgan fingerprint density at radius 1 is 0.633 bits per heavy atom. The molecule has 0 amide bonds. The molecule has 2 heteroatoms. The van der Waals surface area contributed by atoms with Crippen molar-refractivity contribution in [3.05, 3.63) is 90.0 Å². The summed E-state index contributed by atoms with van der Waals surface area (Å²) in [7, 11) is 0. The molecule has 3 aromatic carbocycles. The number of hydrogen-bond donors (Lipinski definition) is 2. The van der Waals surface area contributed by atoms with Crippen LogP contribution in [-0.2, 0) is 5.41 Å². The Hall–Kier alpha value is -2.74. The predicted octanol–water partition coefficient (Wildman–Crippen LogP) is 7.99. The molecule has 2 N–H and O–H groups in total. The Morgan fingerprint density at radius 2 is 1.13 bits per heavy atom. The van der Waals surface area contributed by atoms with Crippen molar-refractivity contribution in [3.8, 4) is 0 Å². The molecule has 0 radical (unpaired) electrons. The minimum atomic E-state index is -0.0145. The van der Waals surface area contributed by atoms with Gasteiger partial charge in [0.2, 0.25) is 0 Å². The van der Waals surface area contributed by atoms with E-state index in [9.17, 15) is 0 Å². The average molecular weight is 401 g/mol. The van der Waals surface area contributed by atoms with Crippen LogP contribution in [0.15, 0.2) is 78.9 Å². The predicted molar refractivity (Wildman–Crippen MR) is 132 cm³/mol. The highest BCUT2D eigenvalue weighted by Gasteiger charge is 2.22. The zero-order chi connectivity index (χ0) is 21.6. The van der Waals surface area contributed by atoms with Gasteiger partial charge in [-0.3, -0.25) is 0 Å². The normalized spacial score (nSPS) is 12.6. The molecule has 3 aromatic rings. The number of nitrogens with one attached hydrogen (secondary N) is 2. The smallest absolute Gasteiger partial charge is 0.0385 e.